The molecule has 100 valence electrons. The Hall–Kier alpha value is -1.84. The van der Waals surface area contributed by atoms with E-state index in [1.807, 2.05) is 18.3 Å². The van der Waals surface area contributed by atoms with Gasteiger partial charge in [0.1, 0.15) is 11.6 Å². The van der Waals surface area contributed by atoms with Crippen molar-refractivity contribution in [2.45, 2.75) is 39.2 Å². The van der Waals surface area contributed by atoms with Crippen molar-refractivity contribution in [3.05, 3.63) is 24.0 Å². The fourth-order valence-corrected chi connectivity index (χ4v) is 2.75. The van der Waals surface area contributed by atoms with E-state index in [9.17, 15) is 0 Å². The molecule has 1 atom stereocenters. The molecule has 0 aliphatic carbocycles. The minimum atomic E-state index is 0.574. The third-order valence-corrected chi connectivity index (χ3v) is 3.90. The number of nitrogens with zero attached hydrogens (tertiary/aromatic N) is 3. The van der Waals surface area contributed by atoms with Crippen molar-refractivity contribution in [3.63, 3.8) is 0 Å². The maximum atomic E-state index is 5.91. The van der Waals surface area contributed by atoms with E-state index in [1.54, 1.807) is 0 Å². The van der Waals surface area contributed by atoms with Gasteiger partial charge in [-0.1, -0.05) is 13.3 Å². The van der Waals surface area contributed by atoms with Gasteiger partial charge in [0.25, 0.3) is 0 Å². The summed E-state index contributed by atoms with van der Waals surface area (Å²) in [6.45, 7) is 5.50. The van der Waals surface area contributed by atoms with Crippen LogP contribution >= 0.6 is 0 Å². The van der Waals surface area contributed by atoms with Crippen LogP contribution < -0.4 is 10.6 Å². The van der Waals surface area contributed by atoms with Crippen LogP contribution in [0.5, 0.6) is 0 Å². The van der Waals surface area contributed by atoms with Gasteiger partial charge in [0, 0.05) is 24.2 Å². The van der Waals surface area contributed by atoms with Crippen LogP contribution in [0.15, 0.2) is 18.3 Å². The minimum absolute atomic E-state index is 0.574. The van der Waals surface area contributed by atoms with Crippen molar-refractivity contribution in [3.8, 4) is 0 Å². The van der Waals surface area contributed by atoms with Gasteiger partial charge in [0.15, 0.2) is 0 Å². The topological polar surface area (TPSA) is 55.0 Å². The second kappa shape index (κ2) is 4.68. The lowest BCUT2D eigenvalue weighted by atomic mass is 10.0. The van der Waals surface area contributed by atoms with E-state index < -0.39 is 0 Å². The molecule has 19 heavy (non-hydrogen) atoms. The number of hydrogen-bond acceptors (Lipinski definition) is 4. The molecule has 0 aromatic carbocycles. The Balaban J connectivity index is 2.21. The fourth-order valence-electron chi connectivity index (χ4n) is 2.75. The molecule has 0 radical (unpaired) electrons. The number of anilines is 2. The Morgan fingerprint density at radius 3 is 2.95 bits per heavy atom. The standard InChI is InChI=1S/C15H20N4/c1-3-4-12-14-11(9-13(16)18-12)5-7-17-15(14)19-8-6-10(19)2/h5,7,9-10H,3-4,6,8H2,1-2H3,(H2,16,18)/t10-/m1/s1. The molecule has 3 heterocycles. The van der Waals surface area contributed by atoms with Crippen LogP contribution in [0.2, 0.25) is 0 Å². The van der Waals surface area contributed by atoms with Gasteiger partial charge in [-0.15, -0.1) is 0 Å². The first-order chi connectivity index (χ1) is 9.20. The second-order valence-corrected chi connectivity index (χ2v) is 5.31. The van der Waals surface area contributed by atoms with Gasteiger partial charge >= 0.3 is 0 Å². The lowest BCUT2D eigenvalue weighted by Crippen LogP contribution is -2.46. The highest BCUT2D eigenvalue weighted by atomic mass is 15.3. The lowest BCUT2D eigenvalue weighted by Gasteiger charge is -2.40. The van der Waals surface area contributed by atoms with Crippen molar-refractivity contribution in [1.82, 2.24) is 9.97 Å². The predicted molar refractivity (Wildman–Crippen MR) is 79.4 cm³/mol. The van der Waals surface area contributed by atoms with Gasteiger partial charge in [-0.05, 0) is 37.3 Å². The van der Waals surface area contributed by atoms with Gasteiger partial charge in [0.2, 0.25) is 0 Å². The molecule has 0 unspecified atom stereocenters. The van der Waals surface area contributed by atoms with Crippen LogP contribution in [-0.4, -0.2) is 22.6 Å². The molecule has 1 saturated heterocycles. The first kappa shape index (κ1) is 12.2. The number of hydrogen-bond donors (Lipinski definition) is 1. The normalized spacial score (nSPS) is 18.6. The molecule has 3 rings (SSSR count). The maximum absolute atomic E-state index is 5.91. The van der Waals surface area contributed by atoms with Gasteiger partial charge in [0.05, 0.1) is 5.69 Å². The van der Waals surface area contributed by atoms with E-state index in [0.717, 1.165) is 36.3 Å². The third kappa shape index (κ3) is 2.01. The number of aryl methyl sites for hydroxylation is 1. The van der Waals surface area contributed by atoms with Crippen molar-refractivity contribution >= 4 is 22.4 Å². The second-order valence-electron chi connectivity index (χ2n) is 5.31. The summed E-state index contributed by atoms with van der Waals surface area (Å²) in [7, 11) is 0. The van der Waals surface area contributed by atoms with E-state index in [1.165, 1.54) is 11.8 Å². The summed E-state index contributed by atoms with van der Waals surface area (Å²) in [5, 5.41) is 2.34. The fraction of sp³-hybridized carbons (Fsp3) is 0.467. The molecular formula is C15H20N4. The van der Waals surface area contributed by atoms with Crippen LogP contribution in [-0.2, 0) is 6.42 Å². The molecular weight excluding hydrogens is 236 g/mol. The molecule has 0 saturated carbocycles. The molecule has 4 heteroatoms. The number of nitrogen functional groups attached to an aromatic ring is 1. The average Bonchev–Trinajstić information content (AvgIpc) is 2.37. The van der Waals surface area contributed by atoms with Crippen LogP contribution in [0.25, 0.3) is 10.8 Å². The summed E-state index contributed by atoms with van der Waals surface area (Å²) in [5.41, 5.74) is 6.99. The van der Waals surface area contributed by atoms with Crippen molar-refractivity contribution < 1.29 is 0 Å². The molecule has 1 aliphatic rings. The summed E-state index contributed by atoms with van der Waals surface area (Å²) in [6, 6.07) is 4.55. The van der Waals surface area contributed by atoms with Crippen LogP contribution in [0, 0.1) is 0 Å². The number of nitrogens with two attached hydrogens (primary N) is 1. The van der Waals surface area contributed by atoms with Crippen LogP contribution in [0.4, 0.5) is 11.6 Å². The Bertz CT molecular complexity index is 608. The monoisotopic (exact) mass is 256 g/mol. The zero-order chi connectivity index (χ0) is 13.4. The summed E-state index contributed by atoms with van der Waals surface area (Å²) in [5.74, 6) is 1.68. The Labute approximate surface area is 113 Å². The zero-order valence-corrected chi connectivity index (χ0v) is 11.6. The first-order valence-electron chi connectivity index (χ1n) is 7.01. The first-order valence-corrected chi connectivity index (χ1v) is 7.01. The van der Waals surface area contributed by atoms with Gasteiger partial charge < -0.3 is 10.6 Å². The van der Waals surface area contributed by atoms with E-state index in [0.29, 0.717) is 11.9 Å². The maximum Gasteiger partial charge on any atom is 0.138 e. The Morgan fingerprint density at radius 1 is 1.47 bits per heavy atom. The SMILES string of the molecule is CCCc1nc(N)cc2ccnc(N3CC[C@H]3C)c12. The third-order valence-electron chi connectivity index (χ3n) is 3.90. The smallest absolute Gasteiger partial charge is 0.138 e. The Morgan fingerprint density at radius 2 is 2.32 bits per heavy atom. The highest BCUT2D eigenvalue weighted by Crippen LogP contribution is 2.33. The summed E-state index contributed by atoms with van der Waals surface area (Å²) in [4.78, 5) is 11.5. The lowest BCUT2D eigenvalue weighted by molar-refractivity contribution is 0.478. The van der Waals surface area contributed by atoms with E-state index >= 15 is 0 Å². The van der Waals surface area contributed by atoms with Crippen molar-refractivity contribution in [2.24, 2.45) is 0 Å². The number of fused-ring (bicyclic) bond motifs is 1. The van der Waals surface area contributed by atoms with Crippen molar-refractivity contribution in [2.75, 3.05) is 17.2 Å². The van der Waals surface area contributed by atoms with Gasteiger partial charge in [-0.2, -0.15) is 0 Å². The average molecular weight is 256 g/mol. The van der Waals surface area contributed by atoms with E-state index in [-0.39, 0.29) is 0 Å². The minimum Gasteiger partial charge on any atom is -0.384 e. The zero-order valence-electron chi connectivity index (χ0n) is 11.6. The highest BCUT2D eigenvalue weighted by Gasteiger charge is 2.27. The van der Waals surface area contributed by atoms with E-state index in [4.69, 9.17) is 5.73 Å². The molecule has 1 aliphatic heterocycles. The molecule has 2 N–H and O–H groups in total. The molecule has 1 fully saturated rings. The molecule has 2 aromatic rings. The largest absolute Gasteiger partial charge is 0.384 e. The van der Waals surface area contributed by atoms with Gasteiger partial charge in [-0.3, -0.25) is 0 Å². The van der Waals surface area contributed by atoms with Crippen LogP contribution in [0.3, 0.4) is 0 Å². The molecule has 0 bridgehead atoms. The quantitative estimate of drug-likeness (QED) is 0.917. The summed E-state index contributed by atoms with van der Waals surface area (Å²) >= 11 is 0. The Kier molecular flexibility index (Phi) is 3.01. The van der Waals surface area contributed by atoms with E-state index in [2.05, 4.69) is 28.7 Å². The van der Waals surface area contributed by atoms with Crippen LogP contribution in [0.1, 0.15) is 32.4 Å². The summed E-state index contributed by atoms with van der Waals surface area (Å²) in [6.07, 6.45) is 5.12. The predicted octanol–water partition coefficient (Wildman–Crippen LogP) is 2.76. The molecule has 2 aromatic heterocycles. The molecule has 0 amide bonds. The number of pyridine rings is 2. The molecule has 4 nitrogen and oxygen atoms in total. The van der Waals surface area contributed by atoms with Crippen molar-refractivity contribution in [1.29, 1.82) is 0 Å². The number of aromatic nitrogens is 2. The molecule has 0 spiro atoms. The van der Waals surface area contributed by atoms with Gasteiger partial charge in [-0.25, -0.2) is 9.97 Å². The highest BCUT2D eigenvalue weighted by molar-refractivity contribution is 5.95. The number of rotatable bonds is 3. The summed E-state index contributed by atoms with van der Waals surface area (Å²) < 4.78 is 0.